The van der Waals surface area contributed by atoms with Gasteiger partial charge >= 0.3 is 0 Å². The average molecular weight is 358 g/mol. The van der Waals surface area contributed by atoms with E-state index in [1.54, 1.807) is 17.8 Å². The van der Waals surface area contributed by atoms with Crippen LogP contribution in [0.5, 0.6) is 0 Å². The van der Waals surface area contributed by atoms with Crippen molar-refractivity contribution in [2.24, 2.45) is 5.41 Å². The first kappa shape index (κ1) is 16.7. The van der Waals surface area contributed by atoms with Crippen molar-refractivity contribution in [2.45, 2.75) is 12.8 Å². The van der Waals surface area contributed by atoms with Gasteiger partial charge < -0.3 is 9.80 Å². The quantitative estimate of drug-likeness (QED) is 0.531. The largest absolute Gasteiger partial charge is 0.369 e. The molecule has 132 valence electrons. The number of hydrogen-bond donors (Lipinski definition) is 0. The molecule has 0 aromatic rings. The summed E-state index contributed by atoms with van der Waals surface area (Å²) in [5.41, 5.74) is 4.01. The van der Waals surface area contributed by atoms with Crippen molar-refractivity contribution in [3.63, 3.8) is 0 Å². The summed E-state index contributed by atoms with van der Waals surface area (Å²) in [4.78, 5) is 4.75. The van der Waals surface area contributed by atoms with Crippen LogP contribution in [0.1, 0.15) is 12.8 Å². The van der Waals surface area contributed by atoms with Gasteiger partial charge in [-0.25, -0.2) is 5.12 Å². The second-order valence-electron chi connectivity index (χ2n) is 7.25. The van der Waals surface area contributed by atoms with Gasteiger partial charge in [0, 0.05) is 43.7 Å². The summed E-state index contributed by atoms with van der Waals surface area (Å²) in [6.45, 7) is 4.33. The van der Waals surface area contributed by atoms with Crippen molar-refractivity contribution >= 4 is 11.8 Å². The highest BCUT2D eigenvalue weighted by Gasteiger charge is 2.49. The second-order valence-corrected chi connectivity index (χ2v) is 8.11. The van der Waals surface area contributed by atoms with E-state index in [0.717, 1.165) is 54.7 Å². The fourth-order valence-corrected chi connectivity index (χ4v) is 5.64. The van der Waals surface area contributed by atoms with Crippen LogP contribution in [-0.4, -0.2) is 60.4 Å². The van der Waals surface area contributed by atoms with Crippen molar-refractivity contribution in [3.05, 3.63) is 46.2 Å². The summed E-state index contributed by atoms with van der Waals surface area (Å²) in [5.74, 6) is 0.850. The van der Waals surface area contributed by atoms with Gasteiger partial charge in [0.15, 0.2) is 0 Å². The zero-order valence-corrected chi connectivity index (χ0v) is 15.4. The number of allylic oxidation sites excluding steroid dienone is 5. The normalized spacial score (nSPS) is 31.6. The van der Waals surface area contributed by atoms with Crippen molar-refractivity contribution in [2.75, 3.05) is 45.5 Å². The maximum atomic E-state index is 14.9. The zero-order chi connectivity index (χ0) is 17.4. The number of nitriles is 1. The van der Waals surface area contributed by atoms with Crippen molar-refractivity contribution < 1.29 is 4.48 Å². The summed E-state index contributed by atoms with van der Waals surface area (Å²) in [7, 11) is 2.15. The van der Waals surface area contributed by atoms with E-state index in [1.165, 1.54) is 11.3 Å². The Bertz CT molecular complexity index is 724. The molecule has 0 aromatic heterocycles. The lowest BCUT2D eigenvalue weighted by Gasteiger charge is -2.42. The van der Waals surface area contributed by atoms with E-state index in [0.29, 0.717) is 13.0 Å². The first-order chi connectivity index (χ1) is 12.1. The van der Waals surface area contributed by atoms with Crippen LogP contribution in [0.2, 0.25) is 0 Å². The Labute approximate surface area is 152 Å². The topological polar surface area (TPSA) is 33.5 Å². The molecule has 6 heteroatoms. The highest BCUT2D eigenvalue weighted by Crippen LogP contribution is 2.56. The Hall–Kier alpha value is -1.71. The van der Waals surface area contributed by atoms with Crippen LogP contribution in [0, 0.1) is 16.7 Å². The maximum absolute atomic E-state index is 14.9. The molecule has 3 heterocycles. The Kier molecular flexibility index (Phi) is 4.38. The molecule has 1 atom stereocenters. The molecule has 4 rings (SSSR count). The van der Waals surface area contributed by atoms with Gasteiger partial charge in [-0.05, 0) is 36.9 Å². The Morgan fingerprint density at radius 1 is 1.28 bits per heavy atom. The molecular formula is C19H23FN4S. The molecule has 4 nitrogen and oxygen atoms in total. The SMILES string of the molecule is CN1CCN(C2=CCN(F)C3=CCC(=CC#N)CC34CSC=C24)CC1. The van der Waals surface area contributed by atoms with Gasteiger partial charge in [-0.3, -0.25) is 0 Å². The highest BCUT2D eigenvalue weighted by atomic mass is 32.2. The number of nitrogens with zero attached hydrogens (tertiary/aromatic N) is 4. The summed E-state index contributed by atoms with van der Waals surface area (Å²) in [6, 6.07) is 2.16. The molecule has 1 saturated heterocycles. The minimum atomic E-state index is -0.327. The van der Waals surface area contributed by atoms with Crippen LogP contribution in [0.15, 0.2) is 46.2 Å². The molecule has 1 aliphatic carbocycles. The van der Waals surface area contributed by atoms with E-state index in [-0.39, 0.29) is 5.41 Å². The minimum Gasteiger partial charge on any atom is -0.369 e. The number of likely N-dealkylation sites (N-methyl/N-ethyl adjacent to an activating group) is 1. The van der Waals surface area contributed by atoms with E-state index in [9.17, 15) is 4.48 Å². The monoisotopic (exact) mass is 358 g/mol. The van der Waals surface area contributed by atoms with Crippen LogP contribution < -0.4 is 0 Å². The summed E-state index contributed by atoms with van der Waals surface area (Å²) in [5, 5.41) is 12.2. The lowest BCUT2D eigenvalue weighted by molar-refractivity contribution is 0.0597. The van der Waals surface area contributed by atoms with Gasteiger partial charge in [0.05, 0.1) is 23.7 Å². The van der Waals surface area contributed by atoms with Gasteiger partial charge in [0.1, 0.15) is 0 Å². The predicted octanol–water partition coefficient (Wildman–Crippen LogP) is 3.06. The Balaban J connectivity index is 1.73. The fourth-order valence-electron chi connectivity index (χ4n) is 4.35. The molecule has 0 N–H and O–H groups in total. The van der Waals surface area contributed by atoms with Gasteiger partial charge in [0.25, 0.3) is 0 Å². The summed E-state index contributed by atoms with van der Waals surface area (Å²) >= 11 is 1.77. The molecule has 1 unspecified atom stereocenters. The van der Waals surface area contributed by atoms with Gasteiger partial charge in [-0.1, -0.05) is 16.1 Å². The third-order valence-electron chi connectivity index (χ3n) is 5.72. The van der Waals surface area contributed by atoms with Crippen LogP contribution >= 0.6 is 11.8 Å². The molecule has 0 aromatic carbocycles. The summed E-state index contributed by atoms with van der Waals surface area (Å²) in [6.07, 6.45) is 7.11. The second kappa shape index (κ2) is 6.54. The molecule has 0 amide bonds. The average Bonchev–Trinajstić information content (AvgIpc) is 2.95. The molecule has 1 fully saturated rings. The van der Waals surface area contributed by atoms with Crippen LogP contribution in [0.3, 0.4) is 0 Å². The minimum absolute atomic E-state index is 0.300. The lowest BCUT2D eigenvalue weighted by Crippen LogP contribution is -2.45. The third kappa shape index (κ3) is 2.80. The number of piperazine rings is 1. The third-order valence-corrected chi connectivity index (χ3v) is 6.78. The predicted molar refractivity (Wildman–Crippen MR) is 99.0 cm³/mol. The number of hydrogen-bond acceptors (Lipinski definition) is 5. The van der Waals surface area contributed by atoms with E-state index >= 15 is 0 Å². The Morgan fingerprint density at radius 3 is 2.84 bits per heavy atom. The molecule has 0 bridgehead atoms. The van der Waals surface area contributed by atoms with Crippen molar-refractivity contribution in [3.8, 4) is 6.07 Å². The van der Waals surface area contributed by atoms with E-state index < -0.39 is 0 Å². The van der Waals surface area contributed by atoms with Crippen LogP contribution in [0.4, 0.5) is 4.48 Å². The molecule has 25 heavy (non-hydrogen) atoms. The van der Waals surface area contributed by atoms with Gasteiger partial charge in [-0.15, -0.1) is 11.8 Å². The number of rotatable bonds is 1. The van der Waals surface area contributed by atoms with E-state index in [2.05, 4.69) is 34.4 Å². The summed E-state index contributed by atoms with van der Waals surface area (Å²) < 4.78 is 14.9. The molecule has 4 aliphatic rings. The first-order valence-electron chi connectivity index (χ1n) is 8.82. The molecule has 0 radical (unpaired) electrons. The van der Waals surface area contributed by atoms with Crippen LogP contribution in [0.25, 0.3) is 0 Å². The fraction of sp³-hybridized carbons (Fsp3) is 0.526. The standard InChI is InChI=1S/C19H23FN4S/c1-22-8-10-23(11-9-22)17-5-7-24(20)18-3-2-15(4-6-21)12-19(18)14-25-13-16(17)19/h3-5,13H,2,7-12,14H2,1H3. The molecule has 0 saturated carbocycles. The van der Waals surface area contributed by atoms with E-state index in [4.69, 9.17) is 5.26 Å². The zero-order valence-electron chi connectivity index (χ0n) is 14.5. The lowest BCUT2D eigenvalue weighted by atomic mass is 9.69. The van der Waals surface area contributed by atoms with Crippen molar-refractivity contribution in [1.29, 1.82) is 5.26 Å². The highest BCUT2D eigenvalue weighted by molar-refractivity contribution is 8.02. The van der Waals surface area contributed by atoms with Crippen LogP contribution in [-0.2, 0) is 0 Å². The van der Waals surface area contributed by atoms with Gasteiger partial charge in [-0.2, -0.15) is 5.26 Å². The van der Waals surface area contributed by atoms with E-state index in [1.807, 2.05) is 6.08 Å². The van der Waals surface area contributed by atoms with Crippen molar-refractivity contribution in [1.82, 2.24) is 14.9 Å². The van der Waals surface area contributed by atoms with Gasteiger partial charge in [0.2, 0.25) is 0 Å². The Morgan fingerprint density at radius 2 is 2.08 bits per heavy atom. The first-order valence-corrected chi connectivity index (χ1v) is 9.87. The smallest absolute Gasteiger partial charge is 0.0911 e. The molecule has 3 aliphatic heterocycles. The molecule has 1 spiro atoms. The number of halogens is 1. The molecular weight excluding hydrogens is 335 g/mol. The number of thioether (sulfide) groups is 1. The maximum Gasteiger partial charge on any atom is 0.0911 e.